The fourth-order valence-corrected chi connectivity index (χ4v) is 2.74. The Kier molecular flexibility index (Phi) is 6.80. The molecular formula is C14H23F2N3O2S. The number of amides is 1. The molecule has 1 aromatic heterocycles. The molecule has 22 heavy (non-hydrogen) atoms. The first-order chi connectivity index (χ1) is 10.2. The van der Waals surface area contributed by atoms with Gasteiger partial charge in [0.25, 0.3) is 12.3 Å². The molecule has 0 spiro atoms. The molecule has 1 aromatic rings. The van der Waals surface area contributed by atoms with Gasteiger partial charge in [-0.3, -0.25) is 9.48 Å². The number of aliphatic hydroxyl groups is 1. The SMILES string of the molecule is CSCC(C)(O)CNC(=O)c1cnn(CC(C)C)c1C(F)F. The number of thioether (sulfide) groups is 1. The second-order valence-corrected chi connectivity index (χ2v) is 6.80. The third-order valence-corrected chi connectivity index (χ3v) is 3.87. The number of hydrogen-bond acceptors (Lipinski definition) is 4. The summed E-state index contributed by atoms with van der Waals surface area (Å²) < 4.78 is 27.6. The fourth-order valence-electron chi connectivity index (χ4n) is 2.02. The van der Waals surface area contributed by atoms with Crippen molar-refractivity contribution in [1.29, 1.82) is 0 Å². The van der Waals surface area contributed by atoms with Crippen LogP contribution in [0.4, 0.5) is 8.78 Å². The lowest BCUT2D eigenvalue weighted by Crippen LogP contribution is -2.42. The monoisotopic (exact) mass is 335 g/mol. The minimum Gasteiger partial charge on any atom is -0.387 e. The van der Waals surface area contributed by atoms with Crippen molar-refractivity contribution in [1.82, 2.24) is 15.1 Å². The predicted molar refractivity (Wildman–Crippen MR) is 83.4 cm³/mol. The lowest BCUT2D eigenvalue weighted by atomic mass is 10.1. The lowest BCUT2D eigenvalue weighted by Gasteiger charge is -2.22. The van der Waals surface area contributed by atoms with E-state index < -0.39 is 17.9 Å². The number of aromatic nitrogens is 2. The number of alkyl halides is 2. The molecule has 0 saturated carbocycles. The normalized spacial score (nSPS) is 14.4. The van der Waals surface area contributed by atoms with Crippen molar-refractivity contribution in [3.8, 4) is 0 Å². The molecule has 2 N–H and O–H groups in total. The highest BCUT2D eigenvalue weighted by molar-refractivity contribution is 7.98. The van der Waals surface area contributed by atoms with Crippen molar-refractivity contribution in [3.05, 3.63) is 17.5 Å². The van der Waals surface area contributed by atoms with Crippen LogP contribution < -0.4 is 5.32 Å². The Bertz CT molecular complexity index is 504. The first-order valence-corrected chi connectivity index (χ1v) is 8.40. The summed E-state index contributed by atoms with van der Waals surface area (Å²) in [4.78, 5) is 12.1. The molecule has 126 valence electrons. The Labute approximate surface area is 133 Å². The van der Waals surface area contributed by atoms with E-state index in [1.165, 1.54) is 16.4 Å². The molecule has 1 atom stereocenters. The quantitative estimate of drug-likeness (QED) is 0.765. The summed E-state index contributed by atoms with van der Waals surface area (Å²) in [6.07, 6.45) is 0.206. The van der Waals surface area contributed by atoms with Crippen LogP contribution in [0.2, 0.25) is 0 Å². The molecule has 1 heterocycles. The minimum absolute atomic E-state index is 0.00921. The Hall–Kier alpha value is -1.15. The van der Waals surface area contributed by atoms with Gasteiger partial charge in [-0.25, -0.2) is 8.78 Å². The van der Waals surface area contributed by atoms with Crippen molar-refractivity contribution in [2.24, 2.45) is 5.92 Å². The van der Waals surface area contributed by atoms with E-state index in [2.05, 4.69) is 10.4 Å². The largest absolute Gasteiger partial charge is 0.387 e. The third-order valence-electron chi connectivity index (χ3n) is 2.95. The van der Waals surface area contributed by atoms with E-state index in [4.69, 9.17) is 0 Å². The fraction of sp³-hybridized carbons (Fsp3) is 0.714. The van der Waals surface area contributed by atoms with Crippen LogP contribution in [0.3, 0.4) is 0 Å². The Morgan fingerprint density at radius 1 is 1.55 bits per heavy atom. The third kappa shape index (κ3) is 5.24. The zero-order chi connectivity index (χ0) is 16.9. The van der Waals surface area contributed by atoms with Gasteiger partial charge in [0.15, 0.2) is 0 Å². The van der Waals surface area contributed by atoms with Crippen LogP contribution in [0.1, 0.15) is 43.2 Å². The van der Waals surface area contributed by atoms with Gasteiger partial charge in [-0.15, -0.1) is 0 Å². The second-order valence-electron chi connectivity index (χ2n) is 5.93. The molecule has 0 saturated heterocycles. The van der Waals surface area contributed by atoms with Crippen molar-refractivity contribution in [2.45, 2.75) is 39.3 Å². The molecule has 0 radical (unpaired) electrons. The van der Waals surface area contributed by atoms with E-state index in [-0.39, 0.29) is 23.7 Å². The summed E-state index contributed by atoms with van der Waals surface area (Å²) in [5, 5.41) is 16.4. The van der Waals surface area contributed by atoms with Crippen molar-refractivity contribution in [3.63, 3.8) is 0 Å². The maximum Gasteiger partial charge on any atom is 0.280 e. The highest BCUT2D eigenvalue weighted by Gasteiger charge is 2.27. The number of nitrogens with zero attached hydrogens (tertiary/aromatic N) is 2. The molecule has 0 aliphatic carbocycles. The standard InChI is InChI=1S/C14H23F2N3O2S/c1-9(2)6-19-11(12(15)16)10(5-18-19)13(20)17-7-14(3,21)8-22-4/h5,9,12,21H,6-8H2,1-4H3,(H,17,20). The van der Waals surface area contributed by atoms with E-state index in [1.54, 1.807) is 6.92 Å². The molecule has 1 unspecified atom stereocenters. The van der Waals surface area contributed by atoms with Gasteiger partial charge < -0.3 is 10.4 Å². The predicted octanol–water partition coefficient (Wildman–Crippen LogP) is 2.32. The van der Waals surface area contributed by atoms with Crippen LogP contribution in [0, 0.1) is 5.92 Å². The zero-order valence-electron chi connectivity index (χ0n) is 13.3. The molecule has 0 fully saturated rings. The number of nitrogens with one attached hydrogen (secondary N) is 1. The van der Waals surface area contributed by atoms with Gasteiger partial charge in [-0.05, 0) is 19.1 Å². The smallest absolute Gasteiger partial charge is 0.280 e. The van der Waals surface area contributed by atoms with Crippen LogP contribution in [0.15, 0.2) is 6.20 Å². The van der Waals surface area contributed by atoms with Crippen LogP contribution in [0.25, 0.3) is 0 Å². The second kappa shape index (κ2) is 7.92. The lowest BCUT2D eigenvalue weighted by molar-refractivity contribution is 0.0719. The van der Waals surface area contributed by atoms with E-state index in [0.29, 0.717) is 12.3 Å². The van der Waals surface area contributed by atoms with Crippen LogP contribution in [-0.4, -0.2) is 44.9 Å². The van der Waals surface area contributed by atoms with E-state index in [0.717, 1.165) is 6.20 Å². The maximum atomic E-state index is 13.2. The topological polar surface area (TPSA) is 67.2 Å². The molecule has 0 aliphatic heterocycles. The molecule has 1 rings (SSSR count). The highest BCUT2D eigenvalue weighted by atomic mass is 32.2. The van der Waals surface area contributed by atoms with Gasteiger partial charge in [-0.2, -0.15) is 16.9 Å². The van der Waals surface area contributed by atoms with Crippen LogP contribution in [0.5, 0.6) is 0 Å². The number of hydrogen-bond donors (Lipinski definition) is 2. The number of rotatable bonds is 8. The molecule has 0 aromatic carbocycles. The van der Waals surface area contributed by atoms with Gasteiger partial charge in [0.05, 0.1) is 17.4 Å². The average molecular weight is 335 g/mol. The zero-order valence-corrected chi connectivity index (χ0v) is 14.1. The summed E-state index contributed by atoms with van der Waals surface area (Å²) in [5.74, 6) is -0.0796. The van der Waals surface area contributed by atoms with E-state index in [9.17, 15) is 18.7 Å². The van der Waals surface area contributed by atoms with Gasteiger partial charge in [0, 0.05) is 18.8 Å². The number of carbonyl (C=O) groups excluding carboxylic acids is 1. The van der Waals surface area contributed by atoms with E-state index in [1.807, 2.05) is 20.1 Å². The molecular weight excluding hydrogens is 312 g/mol. The Morgan fingerprint density at radius 3 is 2.68 bits per heavy atom. The molecule has 0 bridgehead atoms. The number of carbonyl (C=O) groups is 1. The average Bonchev–Trinajstić information content (AvgIpc) is 2.79. The summed E-state index contributed by atoms with van der Waals surface area (Å²) in [5.41, 5.74) is -1.61. The summed E-state index contributed by atoms with van der Waals surface area (Å²) in [6.45, 7) is 5.66. The highest BCUT2D eigenvalue weighted by Crippen LogP contribution is 2.24. The first-order valence-electron chi connectivity index (χ1n) is 7.01. The van der Waals surface area contributed by atoms with Crippen LogP contribution in [-0.2, 0) is 6.54 Å². The Balaban J connectivity index is 2.87. The molecule has 5 nitrogen and oxygen atoms in total. The van der Waals surface area contributed by atoms with Crippen molar-refractivity contribution < 1.29 is 18.7 Å². The minimum atomic E-state index is -2.78. The van der Waals surface area contributed by atoms with Crippen LogP contribution >= 0.6 is 11.8 Å². The summed E-state index contributed by atoms with van der Waals surface area (Å²) in [6, 6.07) is 0. The molecule has 1 amide bonds. The number of halogens is 2. The summed E-state index contributed by atoms with van der Waals surface area (Å²) in [7, 11) is 0. The van der Waals surface area contributed by atoms with Gasteiger partial charge in [-0.1, -0.05) is 13.8 Å². The maximum absolute atomic E-state index is 13.2. The molecule has 8 heteroatoms. The van der Waals surface area contributed by atoms with Gasteiger partial charge in [0.2, 0.25) is 0 Å². The van der Waals surface area contributed by atoms with Gasteiger partial charge in [0.1, 0.15) is 5.69 Å². The van der Waals surface area contributed by atoms with E-state index >= 15 is 0 Å². The first kappa shape index (κ1) is 18.9. The van der Waals surface area contributed by atoms with Crippen molar-refractivity contribution in [2.75, 3.05) is 18.6 Å². The summed E-state index contributed by atoms with van der Waals surface area (Å²) >= 11 is 1.44. The van der Waals surface area contributed by atoms with Crippen molar-refractivity contribution >= 4 is 17.7 Å². The Morgan fingerprint density at radius 2 is 2.18 bits per heavy atom. The molecule has 0 aliphatic rings. The van der Waals surface area contributed by atoms with Gasteiger partial charge >= 0.3 is 0 Å².